The summed E-state index contributed by atoms with van der Waals surface area (Å²) in [5.41, 5.74) is 7.58. The van der Waals surface area contributed by atoms with Crippen LogP contribution in [0.15, 0.2) is 23.2 Å². The highest BCUT2D eigenvalue weighted by Gasteiger charge is 2.51. The van der Waals surface area contributed by atoms with Crippen molar-refractivity contribution in [3.63, 3.8) is 0 Å². The van der Waals surface area contributed by atoms with E-state index in [4.69, 9.17) is 16.2 Å². The summed E-state index contributed by atoms with van der Waals surface area (Å²) in [7, 11) is 0. The molecule has 2 rings (SSSR count). The van der Waals surface area contributed by atoms with E-state index in [-0.39, 0.29) is 12.2 Å². The third kappa shape index (κ3) is 2.16. The average molecular weight is 287 g/mol. The normalized spacial score (nSPS) is 25.9. The van der Waals surface area contributed by atoms with Gasteiger partial charge in [0.25, 0.3) is 6.43 Å². The number of amides is 1. The van der Waals surface area contributed by atoms with Gasteiger partial charge >= 0.3 is 0 Å². The second-order valence-electron chi connectivity index (χ2n) is 4.25. The number of alkyl halides is 2. The van der Waals surface area contributed by atoms with Crippen LogP contribution in [0.2, 0.25) is 0 Å². The first-order valence-corrected chi connectivity index (χ1v) is 5.68. The van der Waals surface area contributed by atoms with Gasteiger partial charge in [-0.1, -0.05) is 0 Å². The Hall–Kier alpha value is -1.93. The van der Waals surface area contributed by atoms with Gasteiger partial charge in [-0.3, -0.25) is 9.79 Å². The molecular weight excluding hydrogens is 275 g/mol. The second kappa shape index (κ2) is 5.22. The number of halogens is 3. The molecule has 0 radical (unpaired) electrons. The van der Waals surface area contributed by atoms with Gasteiger partial charge in [0, 0.05) is 17.3 Å². The van der Waals surface area contributed by atoms with Crippen molar-refractivity contribution >= 4 is 12.1 Å². The van der Waals surface area contributed by atoms with Gasteiger partial charge < -0.3 is 16.2 Å². The summed E-state index contributed by atoms with van der Waals surface area (Å²) in [6.45, 7) is -0.0488. The summed E-state index contributed by atoms with van der Waals surface area (Å²) in [5.74, 6) is -1.83. The predicted molar refractivity (Wildman–Crippen MR) is 65.0 cm³/mol. The Bertz CT molecular complexity index is 565. The molecule has 0 spiro atoms. The third-order valence-corrected chi connectivity index (χ3v) is 3.10. The molecule has 0 aliphatic carbocycles. The Morgan fingerprint density at radius 1 is 1.50 bits per heavy atom. The van der Waals surface area contributed by atoms with E-state index < -0.39 is 35.5 Å². The fraction of sp³-hybridized carbons (Fsp3) is 0.333. The van der Waals surface area contributed by atoms with Crippen molar-refractivity contribution in [2.45, 2.75) is 18.2 Å². The molecule has 8 heteroatoms. The average Bonchev–Trinajstić information content (AvgIpc) is 2.39. The summed E-state index contributed by atoms with van der Waals surface area (Å²) in [5, 5.41) is 0. The first-order valence-electron chi connectivity index (χ1n) is 5.68. The number of nitrogens with two attached hydrogens (primary N) is 2. The van der Waals surface area contributed by atoms with Gasteiger partial charge in [-0.05, 0) is 18.2 Å². The molecule has 20 heavy (non-hydrogen) atoms. The maximum Gasteiger partial charge on any atom is 0.271 e. The highest BCUT2D eigenvalue weighted by Crippen LogP contribution is 2.39. The zero-order chi connectivity index (χ0) is 14.9. The Morgan fingerprint density at radius 2 is 2.20 bits per heavy atom. The maximum absolute atomic E-state index is 13.9. The number of hydrogen-bond acceptors (Lipinski definition) is 4. The van der Waals surface area contributed by atoms with Gasteiger partial charge in [-0.2, -0.15) is 0 Å². The molecule has 0 fully saturated rings. The van der Waals surface area contributed by atoms with Crippen LogP contribution in [0.5, 0.6) is 0 Å². The van der Waals surface area contributed by atoms with E-state index in [0.29, 0.717) is 0 Å². The van der Waals surface area contributed by atoms with E-state index in [1.807, 2.05) is 0 Å². The number of ether oxygens (including phenoxy) is 1. The molecule has 2 atom stereocenters. The smallest absolute Gasteiger partial charge is 0.271 e. The standard InChI is InChI=1S/C12H12F3N3O2/c13-8-2-1-6(9(16)19)5-7(8)12(10(14)15)11(17)20-4-3-18-12/h1-3,5,10-11H,4,17H2,(H2,16,19)/t11-,12?/m1/s1. The minimum absolute atomic E-state index is 0.0488. The molecule has 0 saturated carbocycles. The number of aliphatic imine (C=N–C) groups is 1. The van der Waals surface area contributed by atoms with Gasteiger partial charge in [0.1, 0.15) is 12.0 Å². The Morgan fingerprint density at radius 3 is 2.75 bits per heavy atom. The quantitative estimate of drug-likeness (QED) is 0.860. The summed E-state index contributed by atoms with van der Waals surface area (Å²) in [6.07, 6.45) is -3.57. The Labute approximate surface area is 112 Å². The van der Waals surface area contributed by atoms with Crippen LogP contribution in [-0.2, 0) is 10.3 Å². The van der Waals surface area contributed by atoms with E-state index in [9.17, 15) is 18.0 Å². The molecule has 1 aliphatic rings. The predicted octanol–water partition coefficient (Wildman–Crippen LogP) is 0.771. The van der Waals surface area contributed by atoms with Crippen LogP contribution < -0.4 is 11.5 Å². The van der Waals surface area contributed by atoms with Crippen molar-refractivity contribution in [1.82, 2.24) is 0 Å². The molecule has 0 aromatic heterocycles. The molecule has 4 N–H and O–H groups in total. The van der Waals surface area contributed by atoms with Crippen LogP contribution in [0.4, 0.5) is 13.2 Å². The van der Waals surface area contributed by atoms with E-state index in [1.165, 1.54) is 0 Å². The zero-order valence-electron chi connectivity index (χ0n) is 10.2. The molecule has 0 bridgehead atoms. The lowest BCUT2D eigenvalue weighted by Crippen LogP contribution is -2.53. The fourth-order valence-corrected chi connectivity index (χ4v) is 2.04. The van der Waals surface area contributed by atoms with Crippen LogP contribution in [0.3, 0.4) is 0 Å². The number of carbonyl (C=O) groups is 1. The highest BCUT2D eigenvalue weighted by molar-refractivity contribution is 5.93. The number of rotatable bonds is 3. The van der Waals surface area contributed by atoms with Crippen LogP contribution in [0.1, 0.15) is 15.9 Å². The molecule has 1 aromatic rings. The molecule has 1 aliphatic heterocycles. The fourth-order valence-electron chi connectivity index (χ4n) is 2.04. The van der Waals surface area contributed by atoms with Crippen LogP contribution in [0.25, 0.3) is 0 Å². The molecule has 1 aromatic carbocycles. The number of primary amides is 1. The summed E-state index contributed by atoms with van der Waals surface area (Å²) in [6, 6.07) is 2.89. The van der Waals surface area contributed by atoms with Crippen molar-refractivity contribution < 1.29 is 22.7 Å². The monoisotopic (exact) mass is 287 g/mol. The van der Waals surface area contributed by atoms with Crippen molar-refractivity contribution in [2.24, 2.45) is 16.5 Å². The van der Waals surface area contributed by atoms with Crippen molar-refractivity contribution in [3.8, 4) is 0 Å². The van der Waals surface area contributed by atoms with Crippen LogP contribution in [0, 0.1) is 5.82 Å². The second-order valence-corrected chi connectivity index (χ2v) is 4.25. The largest absolute Gasteiger partial charge is 0.366 e. The SMILES string of the molecule is NC(=O)c1ccc(F)c(C2(C(F)F)N=CCO[C@H]2N)c1. The van der Waals surface area contributed by atoms with Crippen molar-refractivity contribution in [3.05, 3.63) is 35.1 Å². The van der Waals surface area contributed by atoms with E-state index >= 15 is 0 Å². The van der Waals surface area contributed by atoms with E-state index in [2.05, 4.69) is 4.99 Å². The number of benzene rings is 1. The number of carbonyl (C=O) groups excluding carboxylic acids is 1. The summed E-state index contributed by atoms with van der Waals surface area (Å²) >= 11 is 0. The summed E-state index contributed by atoms with van der Waals surface area (Å²) in [4.78, 5) is 14.8. The third-order valence-electron chi connectivity index (χ3n) is 3.10. The molecule has 0 saturated heterocycles. The molecule has 1 unspecified atom stereocenters. The topological polar surface area (TPSA) is 90.7 Å². The minimum atomic E-state index is -3.12. The Kier molecular flexibility index (Phi) is 3.78. The van der Waals surface area contributed by atoms with Crippen LogP contribution in [-0.4, -0.2) is 31.4 Å². The van der Waals surface area contributed by atoms with Crippen LogP contribution >= 0.6 is 0 Å². The van der Waals surface area contributed by atoms with E-state index in [0.717, 1.165) is 24.4 Å². The highest BCUT2D eigenvalue weighted by atomic mass is 19.3. The van der Waals surface area contributed by atoms with Crippen molar-refractivity contribution in [2.75, 3.05) is 6.61 Å². The molecule has 108 valence electrons. The first-order chi connectivity index (χ1) is 9.39. The minimum Gasteiger partial charge on any atom is -0.366 e. The van der Waals surface area contributed by atoms with Gasteiger partial charge in [0.15, 0.2) is 5.54 Å². The molecule has 1 amide bonds. The molecule has 5 nitrogen and oxygen atoms in total. The molecular formula is C12H12F3N3O2. The lowest BCUT2D eigenvalue weighted by atomic mass is 9.86. The van der Waals surface area contributed by atoms with Gasteiger partial charge in [0.05, 0.1) is 6.61 Å². The van der Waals surface area contributed by atoms with Crippen molar-refractivity contribution in [1.29, 1.82) is 0 Å². The lowest BCUT2D eigenvalue weighted by molar-refractivity contribution is -0.0664. The van der Waals surface area contributed by atoms with Gasteiger partial charge in [0.2, 0.25) is 5.91 Å². The number of nitrogens with zero attached hydrogens (tertiary/aromatic N) is 1. The zero-order valence-corrected chi connectivity index (χ0v) is 10.2. The van der Waals surface area contributed by atoms with E-state index in [1.54, 1.807) is 0 Å². The van der Waals surface area contributed by atoms with Gasteiger partial charge in [-0.15, -0.1) is 0 Å². The summed E-state index contributed by atoms with van der Waals surface area (Å²) < 4.78 is 45.8. The lowest BCUT2D eigenvalue weighted by Gasteiger charge is -2.37. The maximum atomic E-state index is 13.9. The first kappa shape index (κ1) is 14.5. The van der Waals surface area contributed by atoms with Gasteiger partial charge in [-0.25, -0.2) is 13.2 Å². The molecule has 1 heterocycles. The number of hydrogen-bond donors (Lipinski definition) is 2. The Balaban J connectivity index is 2.66.